The molecule has 0 aliphatic heterocycles. The second-order valence-electron chi connectivity index (χ2n) is 6.12. The number of rotatable bonds is 5. The van der Waals surface area contributed by atoms with E-state index in [1.165, 1.54) is 25.1 Å². The van der Waals surface area contributed by atoms with Crippen LogP contribution < -0.4 is 10.6 Å². The fraction of sp³-hybridized carbons (Fsp3) is 0.150. The summed E-state index contributed by atoms with van der Waals surface area (Å²) in [6, 6.07) is 11.3. The quantitative estimate of drug-likeness (QED) is 0.666. The van der Waals surface area contributed by atoms with Crippen molar-refractivity contribution in [3.8, 4) is 11.3 Å². The van der Waals surface area contributed by atoms with E-state index in [4.69, 9.17) is 16.1 Å². The topological polar surface area (TPSA) is 84.2 Å². The highest BCUT2D eigenvalue weighted by molar-refractivity contribution is 6.33. The number of aryl methyl sites for hydroxylation is 1. The number of anilines is 1. The van der Waals surface area contributed by atoms with Gasteiger partial charge >= 0.3 is 0 Å². The van der Waals surface area contributed by atoms with E-state index in [0.29, 0.717) is 5.69 Å². The van der Waals surface area contributed by atoms with Gasteiger partial charge in [0.2, 0.25) is 5.91 Å². The van der Waals surface area contributed by atoms with Crippen LogP contribution in [0.3, 0.4) is 0 Å². The summed E-state index contributed by atoms with van der Waals surface area (Å²) in [5.41, 5.74) is 1.68. The molecule has 3 rings (SSSR count). The largest absolute Gasteiger partial charge is 0.360 e. The summed E-state index contributed by atoms with van der Waals surface area (Å²) < 4.78 is 19.3. The molecule has 6 nitrogen and oxygen atoms in total. The van der Waals surface area contributed by atoms with Crippen molar-refractivity contribution in [1.82, 2.24) is 10.5 Å². The molecule has 0 saturated heterocycles. The molecule has 144 valence electrons. The zero-order chi connectivity index (χ0) is 20.3. The van der Waals surface area contributed by atoms with E-state index in [0.717, 1.165) is 5.56 Å². The molecule has 1 heterocycles. The molecule has 28 heavy (non-hydrogen) atoms. The molecular weight excluding hydrogens is 385 g/mol. The van der Waals surface area contributed by atoms with Crippen molar-refractivity contribution in [2.75, 3.05) is 5.32 Å². The molecular formula is C20H17ClFN3O3. The van der Waals surface area contributed by atoms with Crippen LogP contribution in [0, 0.1) is 12.7 Å². The maximum absolute atomic E-state index is 14.2. The molecule has 3 aromatic rings. The van der Waals surface area contributed by atoms with Gasteiger partial charge in [-0.1, -0.05) is 35.0 Å². The van der Waals surface area contributed by atoms with Crippen LogP contribution in [-0.4, -0.2) is 17.0 Å². The highest BCUT2D eigenvalue weighted by atomic mass is 35.5. The zero-order valence-corrected chi connectivity index (χ0v) is 15.9. The number of carbonyl (C=O) groups is 2. The van der Waals surface area contributed by atoms with Crippen LogP contribution in [0.4, 0.5) is 10.1 Å². The number of hydrogen-bond donors (Lipinski definition) is 2. The van der Waals surface area contributed by atoms with E-state index in [1.807, 2.05) is 0 Å². The van der Waals surface area contributed by atoms with Gasteiger partial charge in [0, 0.05) is 19.2 Å². The van der Waals surface area contributed by atoms with Crippen molar-refractivity contribution in [2.45, 2.75) is 20.4 Å². The Bertz CT molecular complexity index is 1010. The van der Waals surface area contributed by atoms with E-state index >= 15 is 0 Å². The lowest BCUT2D eigenvalue weighted by Crippen LogP contribution is -2.23. The Morgan fingerprint density at radius 2 is 1.89 bits per heavy atom. The van der Waals surface area contributed by atoms with Gasteiger partial charge < -0.3 is 15.2 Å². The summed E-state index contributed by atoms with van der Waals surface area (Å²) >= 11 is 6.09. The third-order valence-electron chi connectivity index (χ3n) is 4.02. The summed E-state index contributed by atoms with van der Waals surface area (Å²) in [5, 5.41) is 9.39. The number of hydrogen-bond acceptors (Lipinski definition) is 4. The molecule has 2 amide bonds. The standard InChI is InChI=1S/C20H17ClFN3O3/c1-11-17(19(25-28-11)18-15(21)4-3-5-16(18)22)20(27)23-10-13-6-8-14(9-7-13)24-12(2)26/h3-9H,10H2,1-2H3,(H,23,27)(H,24,26). The second kappa shape index (κ2) is 8.22. The smallest absolute Gasteiger partial charge is 0.257 e. The highest BCUT2D eigenvalue weighted by Gasteiger charge is 2.25. The molecule has 1 aromatic heterocycles. The van der Waals surface area contributed by atoms with Gasteiger partial charge in [0.1, 0.15) is 22.8 Å². The molecule has 0 spiro atoms. The molecule has 0 aliphatic carbocycles. The molecule has 0 atom stereocenters. The van der Waals surface area contributed by atoms with Crippen molar-refractivity contribution >= 4 is 29.1 Å². The van der Waals surface area contributed by atoms with Crippen LogP contribution in [0.15, 0.2) is 47.0 Å². The van der Waals surface area contributed by atoms with Gasteiger partial charge in [0.05, 0.1) is 10.6 Å². The number of nitrogens with zero attached hydrogens (tertiary/aromatic N) is 1. The normalized spacial score (nSPS) is 10.6. The maximum atomic E-state index is 14.2. The average molecular weight is 402 g/mol. The summed E-state index contributed by atoms with van der Waals surface area (Å²) in [5.74, 6) is -0.960. The number of benzene rings is 2. The highest BCUT2D eigenvalue weighted by Crippen LogP contribution is 2.33. The lowest BCUT2D eigenvalue weighted by Gasteiger charge is -2.08. The van der Waals surface area contributed by atoms with Crippen LogP contribution in [0.1, 0.15) is 28.6 Å². The number of halogens is 2. The zero-order valence-electron chi connectivity index (χ0n) is 15.2. The Hall–Kier alpha value is -3.19. The Kier molecular flexibility index (Phi) is 5.75. The predicted molar refractivity (Wildman–Crippen MR) is 104 cm³/mol. The molecule has 0 radical (unpaired) electrons. The van der Waals surface area contributed by atoms with Gasteiger partial charge in [-0.05, 0) is 36.8 Å². The lowest BCUT2D eigenvalue weighted by atomic mass is 10.0. The Balaban J connectivity index is 1.79. The molecule has 2 aromatic carbocycles. The minimum Gasteiger partial charge on any atom is -0.360 e. The lowest BCUT2D eigenvalue weighted by molar-refractivity contribution is -0.114. The summed E-state index contributed by atoms with van der Waals surface area (Å²) in [7, 11) is 0. The van der Waals surface area contributed by atoms with E-state index < -0.39 is 11.7 Å². The number of nitrogens with one attached hydrogen (secondary N) is 2. The van der Waals surface area contributed by atoms with E-state index in [1.54, 1.807) is 31.2 Å². The molecule has 0 aliphatic rings. The molecule has 0 fully saturated rings. The summed E-state index contributed by atoms with van der Waals surface area (Å²) in [6.45, 7) is 3.23. The third kappa shape index (κ3) is 4.20. The predicted octanol–water partition coefficient (Wildman–Crippen LogP) is 4.33. The number of carbonyl (C=O) groups excluding carboxylic acids is 2. The molecule has 8 heteroatoms. The van der Waals surface area contributed by atoms with Crippen molar-refractivity contribution in [2.24, 2.45) is 0 Å². The first-order valence-electron chi connectivity index (χ1n) is 8.42. The van der Waals surface area contributed by atoms with E-state index in [9.17, 15) is 14.0 Å². The minimum atomic E-state index is -0.594. The Labute approximate surface area is 165 Å². The SMILES string of the molecule is CC(=O)Nc1ccc(CNC(=O)c2c(-c3c(F)cccc3Cl)noc2C)cc1. The molecule has 0 bridgehead atoms. The van der Waals surface area contributed by atoms with Crippen LogP contribution in [0.5, 0.6) is 0 Å². The average Bonchev–Trinajstić information content (AvgIpc) is 3.01. The van der Waals surface area contributed by atoms with Gasteiger partial charge in [0.25, 0.3) is 5.91 Å². The van der Waals surface area contributed by atoms with Gasteiger partial charge in [0.15, 0.2) is 0 Å². The fourth-order valence-electron chi connectivity index (χ4n) is 2.71. The van der Waals surface area contributed by atoms with Crippen molar-refractivity contribution in [1.29, 1.82) is 0 Å². The third-order valence-corrected chi connectivity index (χ3v) is 4.33. The summed E-state index contributed by atoms with van der Waals surface area (Å²) in [6.07, 6.45) is 0. The Morgan fingerprint density at radius 1 is 1.18 bits per heavy atom. The first-order valence-corrected chi connectivity index (χ1v) is 8.80. The van der Waals surface area contributed by atoms with Crippen LogP contribution >= 0.6 is 11.6 Å². The first-order chi connectivity index (χ1) is 13.4. The van der Waals surface area contributed by atoms with Crippen LogP contribution in [0.25, 0.3) is 11.3 Å². The van der Waals surface area contributed by atoms with Crippen molar-refractivity contribution in [3.63, 3.8) is 0 Å². The monoisotopic (exact) mass is 401 g/mol. The van der Waals surface area contributed by atoms with Gasteiger partial charge in [-0.2, -0.15) is 0 Å². The summed E-state index contributed by atoms with van der Waals surface area (Å²) in [4.78, 5) is 23.7. The van der Waals surface area contributed by atoms with Gasteiger partial charge in [-0.3, -0.25) is 9.59 Å². The molecule has 0 unspecified atom stereocenters. The van der Waals surface area contributed by atoms with E-state index in [-0.39, 0.29) is 40.1 Å². The maximum Gasteiger partial charge on any atom is 0.257 e. The number of amides is 2. The molecule has 2 N–H and O–H groups in total. The van der Waals surface area contributed by atoms with E-state index in [2.05, 4.69) is 15.8 Å². The molecule has 0 saturated carbocycles. The van der Waals surface area contributed by atoms with Crippen LogP contribution in [0.2, 0.25) is 5.02 Å². The van der Waals surface area contributed by atoms with Crippen molar-refractivity contribution in [3.05, 3.63) is 70.2 Å². The minimum absolute atomic E-state index is 0.0193. The Morgan fingerprint density at radius 3 is 2.54 bits per heavy atom. The van der Waals surface area contributed by atoms with Gasteiger partial charge in [-0.25, -0.2) is 4.39 Å². The fourth-order valence-corrected chi connectivity index (χ4v) is 2.97. The second-order valence-corrected chi connectivity index (χ2v) is 6.53. The van der Waals surface area contributed by atoms with Gasteiger partial charge in [-0.15, -0.1) is 0 Å². The number of aromatic nitrogens is 1. The van der Waals surface area contributed by atoms with Crippen molar-refractivity contribution < 1.29 is 18.5 Å². The van der Waals surface area contributed by atoms with Crippen LogP contribution in [-0.2, 0) is 11.3 Å². The first kappa shape index (κ1) is 19.6.